The quantitative estimate of drug-likeness (QED) is 0.929. The highest BCUT2D eigenvalue weighted by Gasteiger charge is 2.22. The molecular formula is C15H18FN5O2. The van der Waals surface area contributed by atoms with Gasteiger partial charge in [-0.05, 0) is 12.1 Å². The molecule has 0 radical (unpaired) electrons. The second-order valence-electron chi connectivity index (χ2n) is 5.31. The molecule has 0 aliphatic carbocycles. The van der Waals surface area contributed by atoms with E-state index in [-0.39, 0.29) is 18.4 Å². The maximum atomic E-state index is 13.8. The summed E-state index contributed by atoms with van der Waals surface area (Å²) in [6, 6.07) is 6.50. The van der Waals surface area contributed by atoms with E-state index in [1.165, 1.54) is 6.07 Å². The van der Waals surface area contributed by atoms with Gasteiger partial charge in [-0.1, -0.05) is 17.3 Å². The van der Waals surface area contributed by atoms with Gasteiger partial charge in [0.25, 0.3) is 0 Å². The van der Waals surface area contributed by atoms with Gasteiger partial charge in [0.1, 0.15) is 5.82 Å². The molecule has 1 aliphatic rings. The highest BCUT2D eigenvalue weighted by molar-refractivity contribution is 5.74. The highest BCUT2D eigenvalue weighted by Crippen LogP contribution is 2.20. The van der Waals surface area contributed by atoms with Gasteiger partial charge < -0.3 is 19.6 Å². The molecular weight excluding hydrogens is 301 g/mol. The van der Waals surface area contributed by atoms with Crippen LogP contribution >= 0.6 is 0 Å². The Morgan fingerprint density at radius 1 is 1.30 bits per heavy atom. The van der Waals surface area contributed by atoms with Crippen LogP contribution in [0.3, 0.4) is 0 Å². The predicted molar refractivity (Wildman–Crippen MR) is 81.5 cm³/mol. The van der Waals surface area contributed by atoms with Crippen molar-refractivity contribution >= 4 is 11.7 Å². The van der Waals surface area contributed by atoms with E-state index in [9.17, 15) is 9.18 Å². The summed E-state index contributed by atoms with van der Waals surface area (Å²) in [4.78, 5) is 19.8. The lowest BCUT2D eigenvalue weighted by molar-refractivity contribution is 0.193. The fourth-order valence-electron chi connectivity index (χ4n) is 2.54. The number of halogens is 1. The summed E-state index contributed by atoms with van der Waals surface area (Å²) < 4.78 is 18.6. The monoisotopic (exact) mass is 319 g/mol. The standard InChI is InChI=1S/C15H18FN5O2/c1-11-18-14(19-23-11)10-17-15(22)21-8-6-20(7-9-21)13-5-3-2-4-12(13)16/h2-5H,6-10H2,1H3,(H,17,22). The molecule has 1 saturated heterocycles. The van der Waals surface area contributed by atoms with Crippen molar-refractivity contribution in [3.63, 3.8) is 0 Å². The maximum absolute atomic E-state index is 13.8. The topological polar surface area (TPSA) is 74.5 Å². The number of nitrogens with zero attached hydrogens (tertiary/aromatic N) is 4. The Morgan fingerprint density at radius 3 is 2.70 bits per heavy atom. The number of urea groups is 1. The third-order valence-corrected chi connectivity index (χ3v) is 3.73. The molecule has 23 heavy (non-hydrogen) atoms. The van der Waals surface area contributed by atoms with Crippen molar-refractivity contribution < 1.29 is 13.7 Å². The largest absolute Gasteiger partial charge is 0.366 e. The molecule has 2 aromatic rings. The molecule has 7 nitrogen and oxygen atoms in total. The maximum Gasteiger partial charge on any atom is 0.317 e. The van der Waals surface area contributed by atoms with Crippen molar-refractivity contribution in [1.29, 1.82) is 0 Å². The number of anilines is 1. The van der Waals surface area contributed by atoms with Crippen LogP contribution in [-0.2, 0) is 6.54 Å². The summed E-state index contributed by atoms with van der Waals surface area (Å²) in [5.74, 6) is 0.673. The van der Waals surface area contributed by atoms with E-state index in [0.717, 1.165) is 0 Å². The van der Waals surface area contributed by atoms with Crippen molar-refractivity contribution in [2.24, 2.45) is 0 Å². The minimum atomic E-state index is -0.238. The molecule has 0 spiro atoms. The first-order chi connectivity index (χ1) is 11.1. The lowest BCUT2D eigenvalue weighted by atomic mass is 10.2. The number of aryl methyl sites for hydroxylation is 1. The fourth-order valence-corrected chi connectivity index (χ4v) is 2.54. The van der Waals surface area contributed by atoms with Crippen molar-refractivity contribution in [3.05, 3.63) is 41.8 Å². The average molecular weight is 319 g/mol. The number of amides is 2. The van der Waals surface area contributed by atoms with Crippen LogP contribution in [0.15, 0.2) is 28.8 Å². The molecule has 1 aromatic heterocycles. The van der Waals surface area contributed by atoms with E-state index in [1.54, 1.807) is 24.0 Å². The van der Waals surface area contributed by atoms with E-state index in [4.69, 9.17) is 4.52 Å². The fraction of sp³-hybridized carbons (Fsp3) is 0.400. The minimum absolute atomic E-state index is 0.180. The molecule has 2 amide bonds. The summed E-state index contributed by atoms with van der Waals surface area (Å²) in [7, 11) is 0. The van der Waals surface area contributed by atoms with Crippen LogP contribution in [0.2, 0.25) is 0 Å². The van der Waals surface area contributed by atoms with Crippen LogP contribution in [0.5, 0.6) is 0 Å². The van der Waals surface area contributed by atoms with Crippen LogP contribution in [0.4, 0.5) is 14.9 Å². The van der Waals surface area contributed by atoms with Crippen LogP contribution in [0.25, 0.3) is 0 Å². The minimum Gasteiger partial charge on any atom is -0.366 e. The number of carbonyl (C=O) groups is 1. The van der Waals surface area contributed by atoms with Gasteiger partial charge in [0.2, 0.25) is 5.89 Å². The number of hydrogen-bond acceptors (Lipinski definition) is 5. The lowest BCUT2D eigenvalue weighted by Crippen LogP contribution is -2.52. The zero-order chi connectivity index (χ0) is 16.2. The van der Waals surface area contributed by atoms with Gasteiger partial charge in [0.05, 0.1) is 12.2 Å². The molecule has 3 rings (SSSR count). The molecule has 0 atom stereocenters. The Morgan fingerprint density at radius 2 is 2.04 bits per heavy atom. The summed E-state index contributed by atoms with van der Waals surface area (Å²) in [5, 5.41) is 6.48. The molecule has 1 fully saturated rings. The van der Waals surface area contributed by atoms with Crippen molar-refractivity contribution in [3.8, 4) is 0 Å². The van der Waals surface area contributed by atoms with Gasteiger partial charge in [-0.15, -0.1) is 0 Å². The zero-order valence-electron chi connectivity index (χ0n) is 12.8. The number of benzene rings is 1. The number of carbonyl (C=O) groups excluding carboxylic acids is 1. The molecule has 1 aromatic carbocycles. The SMILES string of the molecule is Cc1nc(CNC(=O)N2CCN(c3ccccc3F)CC2)no1. The van der Waals surface area contributed by atoms with E-state index in [2.05, 4.69) is 15.5 Å². The first kappa shape index (κ1) is 15.3. The predicted octanol–water partition coefficient (Wildman–Crippen LogP) is 1.55. The van der Waals surface area contributed by atoms with Crippen LogP contribution in [0, 0.1) is 12.7 Å². The molecule has 122 valence electrons. The zero-order valence-corrected chi connectivity index (χ0v) is 12.8. The number of aromatic nitrogens is 2. The summed E-state index contributed by atoms with van der Waals surface area (Å²) >= 11 is 0. The molecule has 0 bridgehead atoms. The van der Waals surface area contributed by atoms with E-state index in [0.29, 0.717) is 43.6 Å². The third kappa shape index (κ3) is 3.58. The summed E-state index contributed by atoms with van der Waals surface area (Å²) in [6.07, 6.45) is 0. The number of nitrogens with one attached hydrogen (secondary N) is 1. The third-order valence-electron chi connectivity index (χ3n) is 3.73. The van der Waals surface area contributed by atoms with Crippen molar-refractivity contribution in [2.45, 2.75) is 13.5 Å². The Balaban J connectivity index is 1.50. The smallest absolute Gasteiger partial charge is 0.317 e. The van der Waals surface area contributed by atoms with Crippen LogP contribution < -0.4 is 10.2 Å². The Kier molecular flexibility index (Phi) is 4.40. The normalized spacial score (nSPS) is 14.9. The van der Waals surface area contributed by atoms with E-state index < -0.39 is 0 Å². The number of hydrogen-bond donors (Lipinski definition) is 1. The number of piperazine rings is 1. The van der Waals surface area contributed by atoms with Gasteiger partial charge >= 0.3 is 6.03 Å². The Hall–Kier alpha value is -2.64. The molecule has 1 N–H and O–H groups in total. The van der Waals surface area contributed by atoms with Gasteiger partial charge in [-0.2, -0.15) is 4.98 Å². The van der Waals surface area contributed by atoms with Gasteiger partial charge in [-0.25, -0.2) is 9.18 Å². The van der Waals surface area contributed by atoms with Crippen molar-refractivity contribution in [1.82, 2.24) is 20.4 Å². The second-order valence-corrected chi connectivity index (χ2v) is 5.31. The van der Waals surface area contributed by atoms with Crippen LogP contribution in [-0.4, -0.2) is 47.3 Å². The molecule has 0 saturated carbocycles. The molecule has 8 heteroatoms. The molecule has 2 heterocycles. The molecule has 0 unspecified atom stereocenters. The Labute approximate surface area is 133 Å². The highest BCUT2D eigenvalue weighted by atomic mass is 19.1. The number of rotatable bonds is 3. The lowest BCUT2D eigenvalue weighted by Gasteiger charge is -2.36. The summed E-state index contributed by atoms with van der Waals surface area (Å²) in [5.41, 5.74) is 0.579. The van der Waals surface area contributed by atoms with Gasteiger partial charge in [0, 0.05) is 33.1 Å². The summed E-state index contributed by atoms with van der Waals surface area (Å²) in [6.45, 7) is 4.17. The number of para-hydroxylation sites is 1. The molecule has 1 aliphatic heterocycles. The second kappa shape index (κ2) is 6.64. The van der Waals surface area contributed by atoms with E-state index in [1.807, 2.05) is 11.0 Å². The van der Waals surface area contributed by atoms with Gasteiger partial charge in [0.15, 0.2) is 5.82 Å². The first-order valence-corrected chi connectivity index (χ1v) is 7.45. The van der Waals surface area contributed by atoms with Gasteiger partial charge in [-0.3, -0.25) is 0 Å². The average Bonchev–Trinajstić information content (AvgIpc) is 2.99. The van der Waals surface area contributed by atoms with Crippen LogP contribution in [0.1, 0.15) is 11.7 Å². The van der Waals surface area contributed by atoms with Crippen molar-refractivity contribution in [2.75, 3.05) is 31.1 Å². The Bertz CT molecular complexity index is 682. The first-order valence-electron chi connectivity index (χ1n) is 7.45. The van der Waals surface area contributed by atoms with E-state index >= 15 is 0 Å².